The second-order valence-corrected chi connectivity index (χ2v) is 5.99. The molecule has 1 aliphatic rings. The van der Waals surface area contributed by atoms with E-state index in [1.54, 1.807) is 0 Å². The molecule has 2 N–H and O–H groups in total. The van der Waals surface area contributed by atoms with Crippen LogP contribution in [0, 0.1) is 11.3 Å². The van der Waals surface area contributed by atoms with Gasteiger partial charge in [-0.2, -0.15) is 0 Å². The first kappa shape index (κ1) is 13.5. The third-order valence-electron chi connectivity index (χ3n) is 3.37. The van der Waals surface area contributed by atoms with E-state index in [0.29, 0.717) is 12.3 Å². The molecule has 0 heterocycles. The molecule has 0 radical (unpaired) electrons. The van der Waals surface area contributed by atoms with Gasteiger partial charge in [0.25, 0.3) is 0 Å². The van der Waals surface area contributed by atoms with E-state index in [1.807, 2.05) is 6.92 Å². The molecule has 0 spiro atoms. The molecule has 0 amide bonds. The quantitative estimate of drug-likeness (QED) is 0.754. The number of rotatable bonds is 3. The van der Waals surface area contributed by atoms with Gasteiger partial charge in [-0.3, -0.25) is 4.79 Å². The number of hydrogen-bond acceptors (Lipinski definition) is 3. The van der Waals surface area contributed by atoms with Crippen LogP contribution in [0.2, 0.25) is 0 Å². The minimum atomic E-state index is -0.458. The summed E-state index contributed by atoms with van der Waals surface area (Å²) in [5.41, 5.74) is 5.94. The Balaban J connectivity index is 2.51. The van der Waals surface area contributed by atoms with Crippen molar-refractivity contribution in [3.63, 3.8) is 0 Å². The van der Waals surface area contributed by atoms with Gasteiger partial charge in [-0.1, -0.05) is 27.7 Å². The molecule has 1 aliphatic carbocycles. The summed E-state index contributed by atoms with van der Waals surface area (Å²) in [6.45, 7) is 8.60. The second-order valence-electron chi connectivity index (χ2n) is 5.99. The molecule has 1 rings (SSSR count). The Labute approximate surface area is 98.7 Å². The Kier molecular flexibility index (Phi) is 4.36. The van der Waals surface area contributed by atoms with Gasteiger partial charge in [-0.25, -0.2) is 0 Å². The second kappa shape index (κ2) is 5.17. The third-order valence-corrected chi connectivity index (χ3v) is 3.37. The third kappa shape index (κ3) is 3.78. The number of hydrogen-bond donors (Lipinski definition) is 1. The SMILES string of the molecule is CCC(N)C(=O)OC1CC(C)CC(C)(C)C1. The number of ether oxygens (including phenoxy) is 1. The zero-order chi connectivity index (χ0) is 12.3. The Hall–Kier alpha value is -0.570. The first-order valence-corrected chi connectivity index (χ1v) is 6.30. The topological polar surface area (TPSA) is 52.3 Å². The molecule has 3 nitrogen and oxygen atoms in total. The van der Waals surface area contributed by atoms with Gasteiger partial charge in [0.2, 0.25) is 0 Å². The molecular formula is C13H25NO2. The smallest absolute Gasteiger partial charge is 0.323 e. The summed E-state index contributed by atoms with van der Waals surface area (Å²) in [5.74, 6) is 0.386. The highest BCUT2D eigenvalue weighted by atomic mass is 16.5. The number of carbonyl (C=O) groups excluding carboxylic acids is 1. The van der Waals surface area contributed by atoms with Crippen LogP contribution in [0.4, 0.5) is 0 Å². The zero-order valence-corrected chi connectivity index (χ0v) is 11.0. The molecule has 3 atom stereocenters. The predicted molar refractivity (Wildman–Crippen MR) is 64.9 cm³/mol. The lowest BCUT2D eigenvalue weighted by Crippen LogP contribution is -2.39. The fourth-order valence-electron chi connectivity index (χ4n) is 2.77. The Morgan fingerprint density at radius 1 is 1.50 bits per heavy atom. The average molecular weight is 227 g/mol. The molecule has 0 saturated heterocycles. The lowest BCUT2D eigenvalue weighted by atomic mass is 9.71. The minimum absolute atomic E-state index is 0.0591. The lowest BCUT2D eigenvalue weighted by molar-refractivity contribution is -0.155. The van der Waals surface area contributed by atoms with E-state index in [-0.39, 0.29) is 17.5 Å². The Morgan fingerprint density at radius 3 is 2.62 bits per heavy atom. The molecule has 16 heavy (non-hydrogen) atoms. The van der Waals surface area contributed by atoms with Crippen LogP contribution in [0.15, 0.2) is 0 Å². The fourth-order valence-corrected chi connectivity index (χ4v) is 2.77. The summed E-state index contributed by atoms with van der Waals surface area (Å²) in [6, 6.07) is -0.458. The van der Waals surface area contributed by atoms with E-state index < -0.39 is 6.04 Å². The van der Waals surface area contributed by atoms with Crippen LogP contribution in [0.1, 0.15) is 53.4 Å². The first-order chi connectivity index (χ1) is 7.34. The van der Waals surface area contributed by atoms with E-state index in [1.165, 1.54) is 6.42 Å². The van der Waals surface area contributed by atoms with Crippen molar-refractivity contribution < 1.29 is 9.53 Å². The standard InChI is InChI=1S/C13H25NO2/c1-5-11(14)12(15)16-10-6-9(2)7-13(3,4)8-10/h9-11H,5-8,14H2,1-4H3. The van der Waals surface area contributed by atoms with Crippen molar-refractivity contribution in [2.75, 3.05) is 0 Å². The van der Waals surface area contributed by atoms with E-state index in [2.05, 4.69) is 20.8 Å². The lowest BCUT2D eigenvalue weighted by Gasteiger charge is -2.38. The molecule has 0 aliphatic heterocycles. The highest BCUT2D eigenvalue weighted by molar-refractivity contribution is 5.75. The van der Waals surface area contributed by atoms with E-state index in [9.17, 15) is 4.79 Å². The van der Waals surface area contributed by atoms with Crippen molar-refractivity contribution in [1.82, 2.24) is 0 Å². The molecule has 3 heteroatoms. The summed E-state index contributed by atoms with van der Waals surface area (Å²) in [7, 11) is 0. The normalized spacial score (nSPS) is 30.8. The first-order valence-electron chi connectivity index (χ1n) is 6.30. The molecule has 0 aromatic rings. The number of esters is 1. The molecule has 0 aromatic carbocycles. The van der Waals surface area contributed by atoms with Crippen LogP contribution in [-0.2, 0) is 9.53 Å². The van der Waals surface area contributed by atoms with Crippen molar-refractivity contribution >= 4 is 5.97 Å². The van der Waals surface area contributed by atoms with Gasteiger partial charge >= 0.3 is 5.97 Å². The van der Waals surface area contributed by atoms with Gasteiger partial charge < -0.3 is 10.5 Å². The monoisotopic (exact) mass is 227 g/mol. The van der Waals surface area contributed by atoms with Crippen LogP contribution in [0.25, 0.3) is 0 Å². The summed E-state index contributed by atoms with van der Waals surface area (Å²) < 4.78 is 5.49. The van der Waals surface area contributed by atoms with Crippen molar-refractivity contribution in [1.29, 1.82) is 0 Å². The van der Waals surface area contributed by atoms with Gasteiger partial charge in [0.15, 0.2) is 0 Å². The highest BCUT2D eigenvalue weighted by Crippen LogP contribution is 2.39. The average Bonchev–Trinajstić information content (AvgIpc) is 2.12. The predicted octanol–water partition coefficient (Wildman–Crippen LogP) is 2.48. The maximum Gasteiger partial charge on any atom is 0.323 e. The molecular weight excluding hydrogens is 202 g/mol. The van der Waals surface area contributed by atoms with E-state index in [0.717, 1.165) is 12.8 Å². The van der Waals surface area contributed by atoms with Crippen LogP contribution in [0.5, 0.6) is 0 Å². The van der Waals surface area contributed by atoms with Crippen molar-refractivity contribution in [3.05, 3.63) is 0 Å². The van der Waals surface area contributed by atoms with Gasteiger partial charge in [0, 0.05) is 0 Å². The minimum Gasteiger partial charge on any atom is -0.461 e. The largest absolute Gasteiger partial charge is 0.461 e. The van der Waals surface area contributed by atoms with E-state index >= 15 is 0 Å². The molecule has 0 aromatic heterocycles. The van der Waals surface area contributed by atoms with E-state index in [4.69, 9.17) is 10.5 Å². The van der Waals surface area contributed by atoms with Crippen LogP contribution >= 0.6 is 0 Å². The van der Waals surface area contributed by atoms with Crippen LogP contribution in [-0.4, -0.2) is 18.1 Å². The Bertz CT molecular complexity index is 250. The maximum absolute atomic E-state index is 11.6. The zero-order valence-electron chi connectivity index (χ0n) is 11.0. The summed E-state index contributed by atoms with van der Waals surface area (Å²) in [5, 5.41) is 0. The van der Waals surface area contributed by atoms with Crippen molar-refractivity contribution in [2.45, 2.75) is 65.5 Å². The van der Waals surface area contributed by atoms with Gasteiger partial charge in [0.05, 0.1) is 0 Å². The van der Waals surface area contributed by atoms with Crippen LogP contribution in [0.3, 0.4) is 0 Å². The summed E-state index contributed by atoms with van der Waals surface area (Å²) in [6.07, 6.45) is 3.85. The summed E-state index contributed by atoms with van der Waals surface area (Å²) in [4.78, 5) is 11.6. The maximum atomic E-state index is 11.6. The van der Waals surface area contributed by atoms with Gasteiger partial charge in [-0.15, -0.1) is 0 Å². The molecule has 1 fully saturated rings. The summed E-state index contributed by atoms with van der Waals surface area (Å²) >= 11 is 0. The molecule has 0 bridgehead atoms. The fraction of sp³-hybridized carbons (Fsp3) is 0.923. The van der Waals surface area contributed by atoms with Gasteiger partial charge in [-0.05, 0) is 37.0 Å². The molecule has 3 unspecified atom stereocenters. The van der Waals surface area contributed by atoms with Gasteiger partial charge in [0.1, 0.15) is 12.1 Å². The highest BCUT2D eigenvalue weighted by Gasteiger charge is 2.34. The van der Waals surface area contributed by atoms with Crippen LogP contribution < -0.4 is 5.73 Å². The van der Waals surface area contributed by atoms with Crippen molar-refractivity contribution in [3.8, 4) is 0 Å². The Morgan fingerprint density at radius 2 is 2.12 bits per heavy atom. The molecule has 94 valence electrons. The number of carbonyl (C=O) groups is 1. The van der Waals surface area contributed by atoms with Crippen molar-refractivity contribution in [2.24, 2.45) is 17.1 Å². The molecule has 1 saturated carbocycles. The number of nitrogens with two attached hydrogens (primary N) is 1.